The van der Waals surface area contributed by atoms with E-state index in [0.29, 0.717) is 18.7 Å². The molecule has 0 saturated carbocycles. The average Bonchev–Trinajstić information content (AvgIpc) is 2.44. The van der Waals surface area contributed by atoms with Gasteiger partial charge >= 0.3 is 0 Å². The monoisotopic (exact) mass is 295 g/mol. The number of anilines is 1. The van der Waals surface area contributed by atoms with Gasteiger partial charge in [0, 0.05) is 49.3 Å². The predicted molar refractivity (Wildman–Crippen MR) is 83.4 cm³/mol. The molecule has 2 heterocycles. The fourth-order valence-electron chi connectivity index (χ4n) is 2.21. The summed E-state index contributed by atoms with van der Waals surface area (Å²) in [5.41, 5.74) is 0.654. The van der Waals surface area contributed by atoms with E-state index in [-0.39, 0.29) is 17.5 Å². The minimum absolute atomic E-state index is 0.00769. The molecule has 0 bridgehead atoms. The number of aromatic nitrogens is 1. The zero-order valence-corrected chi connectivity index (χ0v) is 12.5. The number of nitrogens with one attached hydrogen (secondary N) is 2. The normalized spacial score (nSPS) is 18.8. The lowest BCUT2D eigenvalue weighted by atomic mass is 10.2. The molecule has 0 spiro atoms. The lowest BCUT2D eigenvalue weighted by Crippen LogP contribution is -2.40. The summed E-state index contributed by atoms with van der Waals surface area (Å²) >= 11 is 1.87. The number of pyridine rings is 1. The van der Waals surface area contributed by atoms with Crippen LogP contribution >= 0.6 is 11.8 Å². The Balaban J connectivity index is 1.93. The first-order valence-corrected chi connectivity index (χ1v) is 8.16. The van der Waals surface area contributed by atoms with Crippen molar-refractivity contribution in [1.29, 1.82) is 0 Å². The maximum Gasteiger partial charge on any atom is 0.250 e. The van der Waals surface area contributed by atoms with Crippen molar-refractivity contribution in [3.63, 3.8) is 0 Å². The van der Waals surface area contributed by atoms with Crippen LogP contribution in [0.25, 0.3) is 0 Å². The Kier molecular flexibility index (Phi) is 5.67. The van der Waals surface area contributed by atoms with Crippen molar-refractivity contribution in [2.45, 2.75) is 32.4 Å². The van der Waals surface area contributed by atoms with Crippen LogP contribution in [0, 0.1) is 0 Å². The second-order valence-corrected chi connectivity index (χ2v) is 6.08. The van der Waals surface area contributed by atoms with Crippen LogP contribution in [0.3, 0.4) is 0 Å². The lowest BCUT2D eigenvalue weighted by Gasteiger charge is -2.22. The molecule has 1 aliphatic heterocycles. The van der Waals surface area contributed by atoms with E-state index in [9.17, 15) is 9.59 Å². The highest BCUT2D eigenvalue weighted by atomic mass is 32.2. The van der Waals surface area contributed by atoms with E-state index in [1.54, 1.807) is 16.8 Å². The Bertz CT molecular complexity index is 509. The number of carbonyl (C=O) groups excluding carboxylic acids is 1. The second kappa shape index (κ2) is 7.50. The number of thioether (sulfide) groups is 1. The van der Waals surface area contributed by atoms with Crippen LogP contribution in [0.4, 0.5) is 5.69 Å². The van der Waals surface area contributed by atoms with Gasteiger partial charge in [-0.2, -0.15) is 11.8 Å². The third-order valence-corrected chi connectivity index (χ3v) is 4.29. The van der Waals surface area contributed by atoms with E-state index in [2.05, 4.69) is 10.6 Å². The van der Waals surface area contributed by atoms with E-state index in [4.69, 9.17) is 0 Å². The van der Waals surface area contributed by atoms with Gasteiger partial charge in [-0.05, 0) is 12.5 Å². The summed E-state index contributed by atoms with van der Waals surface area (Å²) in [5, 5.41) is 6.21. The maximum atomic E-state index is 12.0. The van der Waals surface area contributed by atoms with Crippen LogP contribution in [0.15, 0.2) is 23.1 Å². The summed E-state index contributed by atoms with van der Waals surface area (Å²) in [7, 11) is 0. The zero-order chi connectivity index (χ0) is 14.4. The fraction of sp³-hybridized carbons (Fsp3) is 0.571. The van der Waals surface area contributed by atoms with Gasteiger partial charge in [0.15, 0.2) is 0 Å². The molecule has 110 valence electrons. The van der Waals surface area contributed by atoms with Gasteiger partial charge in [0.05, 0.1) is 5.69 Å². The lowest BCUT2D eigenvalue weighted by molar-refractivity contribution is -0.116. The molecule has 1 atom stereocenters. The van der Waals surface area contributed by atoms with Gasteiger partial charge in [0.25, 0.3) is 5.56 Å². The number of amides is 1. The largest absolute Gasteiger partial charge is 0.325 e. The minimum atomic E-state index is -0.0322. The average molecular weight is 295 g/mol. The van der Waals surface area contributed by atoms with Crippen LogP contribution in [-0.2, 0) is 11.3 Å². The highest BCUT2D eigenvalue weighted by Crippen LogP contribution is 2.11. The van der Waals surface area contributed by atoms with Crippen molar-refractivity contribution in [3.05, 3.63) is 28.7 Å². The second-order valence-electron chi connectivity index (χ2n) is 4.93. The molecule has 1 saturated heterocycles. The Labute approximate surface area is 123 Å². The van der Waals surface area contributed by atoms with Crippen LogP contribution in [0.1, 0.15) is 19.8 Å². The van der Waals surface area contributed by atoms with Gasteiger partial charge in [0.2, 0.25) is 5.91 Å². The molecule has 1 unspecified atom stereocenters. The molecule has 1 fully saturated rings. The van der Waals surface area contributed by atoms with Crippen molar-refractivity contribution < 1.29 is 4.79 Å². The fourth-order valence-corrected chi connectivity index (χ4v) is 3.16. The minimum Gasteiger partial charge on any atom is -0.325 e. The molecule has 5 nitrogen and oxygen atoms in total. The molecular formula is C14H21N3O2S. The van der Waals surface area contributed by atoms with E-state index < -0.39 is 0 Å². The smallest absolute Gasteiger partial charge is 0.250 e. The first-order chi connectivity index (χ1) is 9.69. The standard InChI is InChI=1S/C14H21N3O2S/c1-2-6-17-9-11(3-4-14(17)19)16-13(18)8-12-10-20-7-5-15-12/h3-4,9,12,15H,2,5-8,10H2,1H3,(H,16,18). The summed E-state index contributed by atoms with van der Waals surface area (Å²) in [5.74, 6) is 2.08. The molecule has 0 aliphatic carbocycles. The Morgan fingerprint density at radius 3 is 3.10 bits per heavy atom. The van der Waals surface area contributed by atoms with Gasteiger partial charge in [-0.1, -0.05) is 6.92 Å². The molecule has 6 heteroatoms. The van der Waals surface area contributed by atoms with Gasteiger partial charge in [-0.3, -0.25) is 9.59 Å². The highest BCUT2D eigenvalue weighted by molar-refractivity contribution is 7.99. The number of rotatable bonds is 5. The van der Waals surface area contributed by atoms with E-state index in [1.165, 1.54) is 6.07 Å². The molecule has 0 aromatic carbocycles. The summed E-state index contributed by atoms with van der Waals surface area (Å²) in [6, 6.07) is 3.41. The molecule has 20 heavy (non-hydrogen) atoms. The van der Waals surface area contributed by atoms with Gasteiger partial charge in [-0.15, -0.1) is 0 Å². The van der Waals surface area contributed by atoms with E-state index >= 15 is 0 Å². The third-order valence-electron chi connectivity index (χ3n) is 3.16. The Morgan fingerprint density at radius 2 is 2.40 bits per heavy atom. The van der Waals surface area contributed by atoms with Crippen LogP contribution in [0.2, 0.25) is 0 Å². The maximum absolute atomic E-state index is 12.0. The van der Waals surface area contributed by atoms with E-state index in [1.807, 2.05) is 18.7 Å². The van der Waals surface area contributed by atoms with Crippen molar-refractivity contribution in [1.82, 2.24) is 9.88 Å². The Hall–Kier alpha value is -1.27. The molecule has 2 rings (SSSR count). The molecule has 0 radical (unpaired) electrons. The summed E-state index contributed by atoms with van der Waals surface area (Å²) < 4.78 is 1.63. The predicted octanol–water partition coefficient (Wildman–Crippen LogP) is 1.29. The first-order valence-electron chi connectivity index (χ1n) is 7.00. The molecule has 1 aliphatic rings. The van der Waals surface area contributed by atoms with Gasteiger partial charge in [0.1, 0.15) is 0 Å². The summed E-state index contributed by atoms with van der Waals surface area (Å²) in [6.45, 7) is 3.65. The van der Waals surface area contributed by atoms with Gasteiger partial charge in [-0.25, -0.2) is 0 Å². The van der Waals surface area contributed by atoms with E-state index in [0.717, 1.165) is 24.5 Å². The molecule has 2 N–H and O–H groups in total. The number of nitrogens with zero attached hydrogens (tertiary/aromatic N) is 1. The van der Waals surface area contributed by atoms with Crippen LogP contribution in [0.5, 0.6) is 0 Å². The number of carbonyl (C=O) groups is 1. The third kappa shape index (κ3) is 4.38. The zero-order valence-electron chi connectivity index (χ0n) is 11.7. The van der Waals surface area contributed by atoms with Gasteiger partial charge < -0.3 is 15.2 Å². The highest BCUT2D eigenvalue weighted by Gasteiger charge is 2.16. The quantitative estimate of drug-likeness (QED) is 0.859. The summed E-state index contributed by atoms with van der Waals surface area (Å²) in [4.78, 5) is 23.6. The van der Waals surface area contributed by atoms with Crippen molar-refractivity contribution in [2.24, 2.45) is 0 Å². The van der Waals surface area contributed by atoms with Crippen LogP contribution in [-0.4, -0.2) is 34.6 Å². The van der Waals surface area contributed by atoms with Crippen LogP contribution < -0.4 is 16.2 Å². The number of hydrogen-bond donors (Lipinski definition) is 2. The summed E-state index contributed by atoms with van der Waals surface area (Å²) in [6.07, 6.45) is 3.08. The molecule has 1 aromatic heterocycles. The molecular weight excluding hydrogens is 274 g/mol. The number of hydrogen-bond acceptors (Lipinski definition) is 4. The van der Waals surface area contributed by atoms with Crippen molar-refractivity contribution in [2.75, 3.05) is 23.4 Å². The molecule has 1 amide bonds. The Morgan fingerprint density at radius 1 is 1.55 bits per heavy atom. The topological polar surface area (TPSA) is 63.1 Å². The number of aryl methyl sites for hydroxylation is 1. The van der Waals surface area contributed by atoms with Crippen molar-refractivity contribution >= 4 is 23.4 Å². The SMILES string of the molecule is CCCn1cc(NC(=O)CC2CSCCN2)ccc1=O. The first kappa shape index (κ1) is 15.1. The van der Waals surface area contributed by atoms with Crippen molar-refractivity contribution in [3.8, 4) is 0 Å². The molecule has 1 aromatic rings.